The molecule has 2 fully saturated rings. The van der Waals surface area contributed by atoms with Crippen molar-refractivity contribution >= 4 is 17.6 Å². The summed E-state index contributed by atoms with van der Waals surface area (Å²) >= 11 is 0. The molecule has 1 aromatic heterocycles. The van der Waals surface area contributed by atoms with Gasteiger partial charge in [0.15, 0.2) is 12.9 Å². The average Bonchev–Trinajstić information content (AvgIpc) is 3.48. The lowest BCUT2D eigenvalue weighted by Crippen LogP contribution is -2.55. The van der Waals surface area contributed by atoms with Gasteiger partial charge in [-0.25, -0.2) is 9.07 Å². The zero-order valence-corrected chi connectivity index (χ0v) is 17.0. The van der Waals surface area contributed by atoms with Crippen molar-refractivity contribution in [1.82, 2.24) is 20.4 Å². The van der Waals surface area contributed by atoms with Crippen LogP contribution >= 0.6 is 0 Å². The molecular formula is C21H26FN5O3. The number of aromatic nitrogens is 2. The Morgan fingerprint density at radius 2 is 2.07 bits per heavy atom. The van der Waals surface area contributed by atoms with Crippen molar-refractivity contribution in [3.8, 4) is 5.75 Å². The van der Waals surface area contributed by atoms with Crippen LogP contribution < -0.4 is 20.7 Å². The second kappa shape index (κ2) is 8.43. The van der Waals surface area contributed by atoms with Crippen LogP contribution in [0.5, 0.6) is 5.75 Å². The number of rotatable bonds is 7. The summed E-state index contributed by atoms with van der Waals surface area (Å²) in [4.78, 5) is 24.7. The molecule has 0 radical (unpaired) electrons. The molecule has 1 saturated heterocycles. The minimum atomic E-state index is -0.542. The number of carbonyl (C=O) groups excluding carboxylic acids is 2. The first-order valence-corrected chi connectivity index (χ1v) is 10.2. The molecule has 0 spiro atoms. The predicted octanol–water partition coefficient (Wildman–Crippen LogP) is 2.51. The molecule has 1 saturated carbocycles. The predicted molar refractivity (Wildman–Crippen MR) is 108 cm³/mol. The maximum atomic E-state index is 13.0. The molecule has 30 heavy (non-hydrogen) atoms. The fourth-order valence-corrected chi connectivity index (χ4v) is 3.42. The molecule has 9 heteroatoms. The van der Waals surface area contributed by atoms with Gasteiger partial charge in [0.2, 0.25) is 5.91 Å². The van der Waals surface area contributed by atoms with E-state index in [-0.39, 0.29) is 36.2 Å². The Balaban J connectivity index is 1.47. The SMILES string of the molecule is CC(C)C1CC(=O)NC(n2nc(C3CC3)cc2NC(=O)COc2ccc(F)cc2)N1. The second-order valence-electron chi connectivity index (χ2n) is 8.16. The minimum Gasteiger partial charge on any atom is -0.484 e. The van der Waals surface area contributed by atoms with E-state index in [9.17, 15) is 14.0 Å². The molecule has 2 aliphatic rings. The van der Waals surface area contributed by atoms with Crippen LogP contribution in [0.3, 0.4) is 0 Å². The van der Waals surface area contributed by atoms with E-state index in [0.717, 1.165) is 18.5 Å². The van der Waals surface area contributed by atoms with E-state index in [0.29, 0.717) is 23.9 Å². The number of hydrogen-bond acceptors (Lipinski definition) is 5. The van der Waals surface area contributed by atoms with Crippen LogP contribution in [0.2, 0.25) is 0 Å². The molecule has 2 atom stereocenters. The van der Waals surface area contributed by atoms with Crippen molar-refractivity contribution in [3.63, 3.8) is 0 Å². The van der Waals surface area contributed by atoms with Crippen LogP contribution in [0.4, 0.5) is 10.2 Å². The number of nitrogens with one attached hydrogen (secondary N) is 3. The van der Waals surface area contributed by atoms with E-state index < -0.39 is 6.29 Å². The highest BCUT2D eigenvalue weighted by atomic mass is 19.1. The molecular weight excluding hydrogens is 389 g/mol. The summed E-state index contributed by atoms with van der Waals surface area (Å²) < 4.78 is 20.0. The van der Waals surface area contributed by atoms with Gasteiger partial charge < -0.3 is 15.4 Å². The first kappa shape index (κ1) is 20.3. The zero-order chi connectivity index (χ0) is 21.3. The highest BCUT2D eigenvalue weighted by Gasteiger charge is 2.33. The van der Waals surface area contributed by atoms with Gasteiger partial charge in [-0.15, -0.1) is 0 Å². The number of ether oxygens (including phenoxy) is 1. The Bertz CT molecular complexity index is 923. The molecule has 1 aliphatic heterocycles. The van der Waals surface area contributed by atoms with Gasteiger partial charge in [0, 0.05) is 24.4 Å². The largest absolute Gasteiger partial charge is 0.484 e. The zero-order valence-electron chi connectivity index (χ0n) is 17.0. The van der Waals surface area contributed by atoms with Crippen molar-refractivity contribution in [3.05, 3.63) is 41.8 Å². The van der Waals surface area contributed by atoms with Crippen molar-refractivity contribution in [2.24, 2.45) is 5.92 Å². The monoisotopic (exact) mass is 415 g/mol. The molecule has 2 aromatic rings. The Morgan fingerprint density at radius 3 is 2.73 bits per heavy atom. The van der Waals surface area contributed by atoms with Crippen molar-refractivity contribution < 1.29 is 18.7 Å². The van der Waals surface area contributed by atoms with Crippen molar-refractivity contribution in [2.45, 2.75) is 51.4 Å². The summed E-state index contributed by atoms with van der Waals surface area (Å²) in [7, 11) is 0. The van der Waals surface area contributed by atoms with Crippen LogP contribution in [0.25, 0.3) is 0 Å². The Hall–Kier alpha value is -2.94. The number of anilines is 1. The van der Waals surface area contributed by atoms with E-state index in [1.807, 2.05) is 6.07 Å². The van der Waals surface area contributed by atoms with Gasteiger partial charge in [0.1, 0.15) is 17.4 Å². The van der Waals surface area contributed by atoms with E-state index >= 15 is 0 Å². The molecule has 3 N–H and O–H groups in total. The van der Waals surface area contributed by atoms with Crippen LogP contribution in [-0.2, 0) is 9.59 Å². The molecule has 1 aromatic carbocycles. The normalized spacial score (nSPS) is 21.4. The van der Waals surface area contributed by atoms with Gasteiger partial charge in [-0.2, -0.15) is 5.10 Å². The highest BCUT2D eigenvalue weighted by Crippen LogP contribution is 2.40. The topological polar surface area (TPSA) is 97.3 Å². The molecule has 2 amide bonds. The molecule has 1 aliphatic carbocycles. The van der Waals surface area contributed by atoms with E-state index in [2.05, 4.69) is 34.9 Å². The second-order valence-corrected chi connectivity index (χ2v) is 8.16. The van der Waals surface area contributed by atoms with Crippen LogP contribution in [0, 0.1) is 11.7 Å². The number of benzene rings is 1. The standard InChI is InChI=1S/C21H26FN5O3/c1-12(2)16-10-19(28)25-21(23-16)27-18(9-17(26-27)13-3-4-13)24-20(29)11-30-15-7-5-14(22)6-8-15/h5-9,12-13,16,21,23H,3-4,10-11H2,1-2H3,(H,24,29)(H,25,28). The Morgan fingerprint density at radius 1 is 1.33 bits per heavy atom. The molecule has 8 nitrogen and oxygen atoms in total. The van der Waals surface area contributed by atoms with Crippen molar-refractivity contribution in [1.29, 1.82) is 0 Å². The molecule has 0 bridgehead atoms. The molecule has 4 rings (SSSR count). The Kier molecular flexibility index (Phi) is 5.72. The third-order valence-corrected chi connectivity index (χ3v) is 5.33. The fraction of sp³-hybridized carbons (Fsp3) is 0.476. The maximum Gasteiger partial charge on any atom is 0.263 e. The minimum absolute atomic E-state index is 0.0164. The maximum absolute atomic E-state index is 13.0. The van der Waals surface area contributed by atoms with Gasteiger partial charge in [0.05, 0.1) is 5.69 Å². The van der Waals surface area contributed by atoms with E-state index in [1.165, 1.54) is 24.3 Å². The number of hydrogen-bond donors (Lipinski definition) is 3. The lowest BCUT2D eigenvalue weighted by atomic mass is 9.99. The summed E-state index contributed by atoms with van der Waals surface area (Å²) in [5.74, 6) is 0.761. The summed E-state index contributed by atoms with van der Waals surface area (Å²) in [5.41, 5.74) is 0.896. The smallest absolute Gasteiger partial charge is 0.263 e. The number of halogens is 1. The fourth-order valence-electron chi connectivity index (χ4n) is 3.42. The molecule has 2 heterocycles. The van der Waals surface area contributed by atoms with E-state index in [1.54, 1.807) is 4.68 Å². The molecule has 160 valence electrons. The van der Waals surface area contributed by atoms with Gasteiger partial charge in [-0.3, -0.25) is 14.9 Å². The Labute approximate surface area is 174 Å². The van der Waals surface area contributed by atoms with Crippen LogP contribution in [0.1, 0.15) is 51.0 Å². The van der Waals surface area contributed by atoms with Gasteiger partial charge in [-0.05, 0) is 43.0 Å². The number of nitrogens with zero attached hydrogens (tertiary/aromatic N) is 2. The third kappa shape index (κ3) is 4.79. The lowest BCUT2D eigenvalue weighted by molar-refractivity contribution is -0.126. The quantitative estimate of drug-likeness (QED) is 0.646. The number of amides is 2. The lowest BCUT2D eigenvalue weighted by Gasteiger charge is -2.34. The molecule has 2 unspecified atom stereocenters. The summed E-state index contributed by atoms with van der Waals surface area (Å²) in [5, 5.41) is 13.8. The van der Waals surface area contributed by atoms with Crippen LogP contribution in [-0.4, -0.2) is 34.2 Å². The average molecular weight is 415 g/mol. The van der Waals surface area contributed by atoms with Gasteiger partial charge in [0.25, 0.3) is 5.91 Å². The van der Waals surface area contributed by atoms with Crippen LogP contribution in [0.15, 0.2) is 30.3 Å². The summed E-state index contributed by atoms with van der Waals surface area (Å²) in [6.45, 7) is 3.89. The first-order chi connectivity index (χ1) is 14.4. The van der Waals surface area contributed by atoms with Gasteiger partial charge >= 0.3 is 0 Å². The number of carbonyl (C=O) groups is 2. The van der Waals surface area contributed by atoms with Crippen molar-refractivity contribution in [2.75, 3.05) is 11.9 Å². The highest BCUT2D eigenvalue weighted by molar-refractivity contribution is 5.91. The van der Waals surface area contributed by atoms with E-state index in [4.69, 9.17) is 4.74 Å². The third-order valence-electron chi connectivity index (χ3n) is 5.33. The first-order valence-electron chi connectivity index (χ1n) is 10.2. The summed E-state index contributed by atoms with van der Waals surface area (Å²) in [6.07, 6.45) is 1.99. The van der Waals surface area contributed by atoms with Gasteiger partial charge in [-0.1, -0.05) is 13.8 Å². The summed E-state index contributed by atoms with van der Waals surface area (Å²) in [6, 6.07) is 7.33.